The average Bonchev–Trinajstić information content (AvgIpc) is 2.40. The average molecular weight is 261 g/mol. The van der Waals surface area contributed by atoms with Crippen LogP contribution in [0.15, 0.2) is 35.7 Å². The summed E-state index contributed by atoms with van der Waals surface area (Å²) in [6, 6.07) is 6.55. The van der Waals surface area contributed by atoms with Crippen LogP contribution in [0.3, 0.4) is 0 Å². The van der Waals surface area contributed by atoms with Gasteiger partial charge >= 0.3 is 0 Å². The quantitative estimate of drug-likeness (QED) is 0.632. The van der Waals surface area contributed by atoms with Crippen LogP contribution in [0, 0.1) is 0 Å². The summed E-state index contributed by atoms with van der Waals surface area (Å²) in [5.41, 5.74) is 6.25. The zero-order chi connectivity index (χ0) is 13.3. The van der Waals surface area contributed by atoms with Gasteiger partial charge in [-0.3, -0.25) is 9.59 Å². The van der Waals surface area contributed by atoms with E-state index in [1.807, 2.05) is 0 Å². The second-order valence-electron chi connectivity index (χ2n) is 3.70. The smallest absolute Gasteiger partial charge is 0.212 e. The first-order valence-corrected chi connectivity index (χ1v) is 5.64. The number of nitrogens with one attached hydrogen (secondary N) is 2. The van der Waals surface area contributed by atoms with Gasteiger partial charge in [0.2, 0.25) is 11.6 Å². The minimum absolute atomic E-state index is 0.0260. The van der Waals surface area contributed by atoms with E-state index in [9.17, 15) is 9.59 Å². The van der Waals surface area contributed by atoms with Crippen LogP contribution in [-0.4, -0.2) is 23.7 Å². The Morgan fingerprint density at radius 3 is 2.28 bits per heavy atom. The molecule has 0 atom stereocenters. The third-order valence-corrected chi connectivity index (χ3v) is 2.93. The van der Waals surface area contributed by atoms with Crippen LogP contribution in [0.4, 0.5) is 0 Å². The van der Waals surface area contributed by atoms with Crippen LogP contribution in [0.5, 0.6) is 0 Å². The number of thiocarbonyl (C=S) groups is 1. The molecule has 1 aromatic carbocycles. The van der Waals surface area contributed by atoms with Crippen molar-refractivity contribution in [2.75, 3.05) is 7.05 Å². The summed E-state index contributed by atoms with van der Waals surface area (Å²) in [7, 11) is 1.61. The summed E-state index contributed by atoms with van der Waals surface area (Å²) >= 11 is 4.90. The van der Waals surface area contributed by atoms with Crippen molar-refractivity contribution in [1.82, 2.24) is 10.6 Å². The molecule has 6 heteroatoms. The highest BCUT2D eigenvalue weighted by molar-refractivity contribution is 7.80. The summed E-state index contributed by atoms with van der Waals surface area (Å²) in [5, 5.41) is 5.53. The van der Waals surface area contributed by atoms with Crippen molar-refractivity contribution in [3.63, 3.8) is 0 Å². The number of Topliss-reactive ketones (excluding diaryl/α,β-unsaturated/α-hetero) is 2. The van der Waals surface area contributed by atoms with Gasteiger partial charge in [-0.25, -0.2) is 0 Å². The summed E-state index contributed by atoms with van der Waals surface area (Å²) in [6.07, 6.45) is 0. The fourth-order valence-electron chi connectivity index (χ4n) is 1.69. The monoisotopic (exact) mass is 261 g/mol. The van der Waals surface area contributed by atoms with Crippen LogP contribution >= 0.6 is 12.2 Å². The third kappa shape index (κ3) is 1.86. The molecule has 2 rings (SSSR count). The van der Waals surface area contributed by atoms with Gasteiger partial charge in [-0.2, -0.15) is 0 Å². The predicted octanol–water partition coefficient (Wildman–Crippen LogP) is 0.330. The molecule has 1 aliphatic rings. The van der Waals surface area contributed by atoms with Gasteiger partial charge in [-0.15, -0.1) is 0 Å². The lowest BCUT2D eigenvalue weighted by molar-refractivity contribution is 0.0970. The molecule has 0 saturated carbocycles. The van der Waals surface area contributed by atoms with Crippen LogP contribution < -0.4 is 16.4 Å². The van der Waals surface area contributed by atoms with E-state index in [0.717, 1.165) is 0 Å². The molecule has 0 aromatic heterocycles. The van der Waals surface area contributed by atoms with Gasteiger partial charge in [0.1, 0.15) is 11.4 Å². The Bertz CT molecular complexity index is 593. The number of allylic oxidation sites excluding steroid dienone is 2. The summed E-state index contributed by atoms with van der Waals surface area (Å²) in [4.78, 5) is 24.2. The third-order valence-electron chi connectivity index (χ3n) is 2.62. The number of carbonyl (C=O) groups excluding carboxylic acids is 2. The Hall–Kier alpha value is -2.21. The molecule has 1 aromatic rings. The van der Waals surface area contributed by atoms with E-state index in [1.165, 1.54) is 0 Å². The second kappa shape index (κ2) is 4.58. The normalized spacial score (nSPS) is 14.3. The molecule has 18 heavy (non-hydrogen) atoms. The molecule has 0 spiro atoms. The first-order valence-electron chi connectivity index (χ1n) is 5.23. The largest absolute Gasteiger partial charge is 0.394 e. The fourth-order valence-corrected chi connectivity index (χ4v) is 1.80. The molecule has 92 valence electrons. The number of nitrogens with two attached hydrogens (primary N) is 1. The maximum absolute atomic E-state index is 12.2. The maximum atomic E-state index is 12.2. The molecule has 0 saturated heterocycles. The SMILES string of the molecule is CNC(=S)NC1=C(N)C(=O)c2ccccc2C1=O. The number of hydrogen-bond acceptors (Lipinski definition) is 4. The number of rotatable bonds is 1. The van der Waals surface area contributed by atoms with Gasteiger partial charge in [0.15, 0.2) is 5.11 Å². The number of carbonyl (C=O) groups is 2. The number of benzene rings is 1. The Morgan fingerprint density at radius 1 is 1.17 bits per heavy atom. The molecule has 0 radical (unpaired) electrons. The predicted molar refractivity (Wildman–Crippen MR) is 71.1 cm³/mol. The van der Waals surface area contributed by atoms with E-state index in [1.54, 1.807) is 31.3 Å². The minimum Gasteiger partial charge on any atom is -0.394 e. The first kappa shape index (κ1) is 12.3. The van der Waals surface area contributed by atoms with Gasteiger partial charge in [0, 0.05) is 18.2 Å². The highest BCUT2D eigenvalue weighted by Crippen LogP contribution is 2.22. The van der Waals surface area contributed by atoms with Gasteiger partial charge in [-0.1, -0.05) is 24.3 Å². The summed E-state index contributed by atoms with van der Waals surface area (Å²) < 4.78 is 0. The first-order chi connectivity index (χ1) is 8.56. The van der Waals surface area contributed by atoms with E-state index in [4.69, 9.17) is 18.0 Å². The fraction of sp³-hybridized carbons (Fsp3) is 0.0833. The molecule has 1 aliphatic carbocycles. The highest BCUT2D eigenvalue weighted by Gasteiger charge is 2.30. The molecular formula is C12H11N3O2S. The van der Waals surface area contributed by atoms with Crippen molar-refractivity contribution >= 4 is 28.9 Å². The number of fused-ring (bicyclic) bond motifs is 1. The molecule has 4 N–H and O–H groups in total. The molecule has 5 nitrogen and oxygen atoms in total. The van der Waals surface area contributed by atoms with Crippen molar-refractivity contribution in [3.8, 4) is 0 Å². The van der Waals surface area contributed by atoms with Crippen LogP contribution in [0.1, 0.15) is 20.7 Å². The minimum atomic E-state index is -0.369. The second-order valence-corrected chi connectivity index (χ2v) is 4.10. The molecule has 0 heterocycles. The topological polar surface area (TPSA) is 84.2 Å². The number of hydrogen-bond donors (Lipinski definition) is 3. The van der Waals surface area contributed by atoms with Gasteiger partial charge in [-0.05, 0) is 12.2 Å². The lowest BCUT2D eigenvalue weighted by Gasteiger charge is -2.19. The summed E-state index contributed by atoms with van der Waals surface area (Å²) in [6.45, 7) is 0. The Labute approximate surface area is 109 Å². The molecule has 0 fully saturated rings. The van der Waals surface area contributed by atoms with Gasteiger partial charge < -0.3 is 16.4 Å². The van der Waals surface area contributed by atoms with Crippen LogP contribution in [0.25, 0.3) is 0 Å². The van der Waals surface area contributed by atoms with Crippen molar-refractivity contribution in [3.05, 3.63) is 46.8 Å². The Morgan fingerprint density at radius 2 is 1.72 bits per heavy atom. The molecule has 0 unspecified atom stereocenters. The van der Waals surface area contributed by atoms with E-state index >= 15 is 0 Å². The van der Waals surface area contributed by atoms with Crippen molar-refractivity contribution in [2.24, 2.45) is 5.73 Å². The maximum Gasteiger partial charge on any atom is 0.212 e. The molecular weight excluding hydrogens is 250 g/mol. The van der Waals surface area contributed by atoms with Gasteiger partial charge in [0.05, 0.1) is 0 Å². The van der Waals surface area contributed by atoms with E-state index in [0.29, 0.717) is 11.1 Å². The van der Waals surface area contributed by atoms with Crippen molar-refractivity contribution < 1.29 is 9.59 Å². The zero-order valence-corrected chi connectivity index (χ0v) is 10.4. The highest BCUT2D eigenvalue weighted by atomic mass is 32.1. The van der Waals surface area contributed by atoms with Crippen LogP contribution in [-0.2, 0) is 0 Å². The lowest BCUT2D eigenvalue weighted by atomic mass is 9.90. The van der Waals surface area contributed by atoms with Crippen LogP contribution in [0.2, 0.25) is 0 Å². The molecule has 0 aliphatic heterocycles. The summed E-state index contributed by atoms with van der Waals surface area (Å²) in [5.74, 6) is -0.702. The Kier molecular flexibility index (Phi) is 3.12. The van der Waals surface area contributed by atoms with Crippen molar-refractivity contribution in [2.45, 2.75) is 0 Å². The number of ketones is 2. The van der Waals surface area contributed by atoms with E-state index < -0.39 is 0 Å². The van der Waals surface area contributed by atoms with Gasteiger partial charge in [0.25, 0.3) is 0 Å². The zero-order valence-electron chi connectivity index (χ0n) is 9.61. The van der Waals surface area contributed by atoms with E-state index in [-0.39, 0.29) is 28.1 Å². The molecule has 0 amide bonds. The standard InChI is InChI=1S/C12H11N3O2S/c1-14-12(18)15-9-8(13)10(16)6-4-2-3-5-7(6)11(9)17/h2-5H,13H2,1H3,(H2,14,15,18). The Balaban J connectivity index is 2.50. The van der Waals surface area contributed by atoms with E-state index in [2.05, 4.69) is 10.6 Å². The molecule has 0 bridgehead atoms. The van der Waals surface area contributed by atoms with Crippen molar-refractivity contribution in [1.29, 1.82) is 0 Å². The lowest BCUT2D eigenvalue weighted by Crippen LogP contribution is -2.40.